The number of ether oxygens (including phenoxy) is 1. The van der Waals surface area contributed by atoms with Crippen molar-refractivity contribution < 1.29 is 39.4 Å². The summed E-state index contributed by atoms with van der Waals surface area (Å²) in [4.78, 5) is 3.98. The van der Waals surface area contributed by atoms with Gasteiger partial charge in [0.05, 0.1) is 6.61 Å². The molecular weight excluding hydrogens is 197 g/mol. The Hall–Kier alpha value is -0.160. The molecule has 0 N–H and O–H groups in total. The Bertz CT molecular complexity index is 343. The summed E-state index contributed by atoms with van der Waals surface area (Å²) >= 11 is 4.56. The zero-order chi connectivity index (χ0) is 8.55. The van der Waals surface area contributed by atoms with Crippen LogP contribution in [0.4, 0.5) is 0 Å². The van der Waals surface area contributed by atoms with Crippen molar-refractivity contribution in [2.45, 2.75) is 6.42 Å². The second kappa shape index (κ2) is 4.37. The first-order chi connectivity index (χ1) is 5.79. The number of nitrogens with zero attached hydrogens (tertiary/aromatic N) is 1. The van der Waals surface area contributed by atoms with Crippen molar-refractivity contribution in [2.24, 2.45) is 0 Å². The molecule has 62 valence electrons. The van der Waals surface area contributed by atoms with E-state index in [2.05, 4.69) is 17.2 Å². The topological polar surface area (TPSA) is 45.2 Å². The van der Waals surface area contributed by atoms with Crippen molar-refractivity contribution in [3.05, 3.63) is 23.4 Å². The van der Waals surface area contributed by atoms with Crippen molar-refractivity contribution in [1.82, 2.24) is 4.98 Å². The summed E-state index contributed by atoms with van der Waals surface area (Å²) in [5.74, 6) is 0.561. The van der Waals surface area contributed by atoms with Crippen molar-refractivity contribution in [3.63, 3.8) is 0 Å². The molecule has 0 radical (unpaired) electrons. The van der Waals surface area contributed by atoms with E-state index < -0.39 is 0 Å². The third-order valence-electron chi connectivity index (χ3n) is 1.83. The van der Waals surface area contributed by atoms with Gasteiger partial charge in [0.1, 0.15) is 0 Å². The van der Waals surface area contributed by atoms with E-state index in [1.54, 1.807) is 12.3 Å². The van der Waals surface area contributed by atoms with Gasteiger partial charge >= 0.3 is 29.6 Å². The molecule has 0 aliphatic carbocycles. The van der Waals surface area contributed by atoms with E-state index in [4.69, 9.17) is 4.74 Å². The third kappa shape index (κ3) is 2.02. The molecular formula is C8H6NNaO2S. The smallest absolute Gasteiger partial charge is 0.864 e. The zero-order valence-electron chi connectivity index (χ0n) is 7.24. The first-order valence-electron chi connectivity index (χ1n) is 3.61. The summed E-state index contributed by atoms with van der Waals surface area (Å²) in [6, 6.07) is 1.64. The number of rotatable bonds is 1. The number of hydrogen-bond acceptors (Lipinski definition) is 4. The van der Waals surface area contributed by atoms with Gasteiger partial charge in [-0.3, -0.25) is 0 Å². The van der Waals surface area contributed by atoms with E-state index in [0.717, 1.165) is 12.0 Å². The molecule has 0 unspecified atom stereocenters. The van der Waals surface area contributed by atoms with Crippen molar-refractivity contribution in [2.75, 3.05) is 6.61 Å². The largest absolute Gasteiger partial charge is 1.00 e. The maximum absolute atomic E-state index is 10.9. The van der Waals surface area contributed by atoms with Crippen LogP contribution >= 0.6 is 12.2 Å². The van der Waals surface area contributed by atoms with E-state index in [0.29, 0.717) is 18.1 Å². The molecule has 1 aromatic rings. The quantitative estimate of drug-likeness (QED) is 0.362. The van der Waals surface area contributed by atoms with E-state index in [1.165, 1.54) is 0 Å². The van der Waals surface area contributed by atoms with Gasteiger partial charge in [-0.15, -0.1) is 0 Å². The Morgan fingerprint density at radius 2 is 2.38 bits per heavy atom. The minimum absolute atomic E-state index is 0. The Balaban J connectivity index is 0.000000845. The molecule has 0 saturated heterocycles. The fourth-order valence-electron chi connectivity index (χ4n) is 1.28. The first kappa shape index (κ1) is 10.9. The first-order valence-corrected chi connectivity index (χ1v) is 4.02. The van der Waals surface area contributed by atoms with Gasteiger partial charge in [0, 0.05) is 18.2 Å². The van der Waals surface area contributed by atoms with Gasteiger partial charge in [-0.25, -0.2) is 4.98 Å². The Kier molecular flexibility index (Phi) is 3.67. The number of pyridine rings is 1. The molecule has 0 spiro atoms. The molecule has 1 aliphatic heterocycles. The molecule has 0 saturated carbocycles. The van der Waals surface area contributed by atoms with Gasteiger partial charge < -0.3 is 9.84 Å². The van der Waals surface area contributed by atoms with Crippen LogP contribution in [0.2, 0.25) is 0 Å². The summed E-state index contributed by atoms with van der Waals surface area (Å²) in [5.41, 5.74) is 1.42. The molecule has 1 aliphatic rings. The van der Waals surface area contributed by atoms with Gasteiger partial charge in [-0.1, -0.05) is 12.2 Å². The van der Waals surface area contributed by atoms with Crippen LogP contribution in [0.1, 0.15) is 11.1 Å². The van der Waals surface area contributed by atoms with E-state index in [-0.39, 0.29) is 34.6 Å². The zero-order valence-corrected chi connectivity index (χ0v) is 10.1. The fraction of sp³-hybridized carbons (Fsp3) is 0.250. The summed E-state index contributed by atoms with van der Waals surface area (Å²) in [7, 11) is 0. The SMILES string of the molecule is [Na+].[O-]C(=S)c1ccnc2c1CCO2. The number of aromatic nitrogens is 1. The maximum Gasteiger partial charge on any atom is 1.00 e. The molecule has 0 fully saturated rings. The Labute approximate surface area is 103 Å². The predicted molar refractivity (Wildman–Crippen MR) is 45.1 cm³/mol. The van der Waals surface area contributed by atoms with Crippen LogP contribution in [0.5, 0.6) is 5.88 Å². The number of fused-ring (bicyclic) bond motifs is 1. The van der Waals surface area contributed by atoms with Crippen LogP contribution in [0.3, 0.4) is 0 Å². The van der Waals surface area contributed by atoms with Crippen LogP contribution < -0.4 is 39.4 Å². The van der Waals surface area contributed by atoms with Crippen molar-refractivity contribution in [1.29, 1.82) is 0 Å². The number of hydrogen-bond donors (Lipinski definition) is 0. The summed E-state index contributed by atoms with van der Waals surface area (Å²) < 4.78 is 5.18. The monoisotopic (exact) mass is 203 g/mol. The molecule has 3 nitrogen and oxygen atoms in total. The molecule has 13 heavy (non-hydrogen) atoms. The van der Waals surface area contributed by atoms with Crippen LogP contribution in [0.15, 0.2) is 12.3 Å². The Morgan fingerprint density at radius 1 is 1.62 bits per heavy atom. The van der Waals surface area contributed by atoms with Crippen LogP contribution in [-0.2, 0) is 6.42 Å². The molecule has 1 aromatic heterocycles. The molecule has 2 heterocycles. The minimum Gasteiger partial charge on any atom is -0.864 e. The standard InChI is InChI=1S/C8H7NO2S.Na/c10-8(12)6-1-3-9-7-5(6)2-4-11-7;/h1,3H,2,4H2,(H,10,12);/q;+1/p-1. The van der Waals surface area contributed by atoms with E-state index >= 15 is 0 Å². The number of thiocarbonyl (C=S) groups is 1. The summed E-state index contributed by atoms with van der Waals surface area (Å²) in [5, 5.41) is 10.6. The van der Waals surface area contributed by atoms with Crippen LogP contribution in [-0.4, -0.2) is 16.6 Å². The molecule has 0 aromatic carbocycles. The molecule has 2 rings (SSSR count). The van der Waals surface area contributed by atoms with Gasteiger partial charge in [0.25, 0.3) is 0 Å². The molecule has 0 amide bonds. The second-order valence-electron chi connectivity index (χ2n) is 2.53. The molecule has 0 atom stereocenters. The average Bonchev–Trinajstić information content (AvgIpc) is 2.49. The summed E-state index contributed by atoms with van der Waals surface area (Å²) in [6.07, 6.45) is 2.28. The maximum atomic E-state index is 10.9. The normalized spacial score (nSPS) is 12.6. The van der Waals surface area contributed by atoms with Gasteiger partial charge in [0.15, 0.2) is 0 Å². The third-order valence-corrected chi connectivity index (χ3v) is 2.05. The van der Waals surface area contributed by atoms with E-state index in [1.807, 2.05) is 0 Å². The fourth-order valence-corrected chi connectivity index (χ4v) is 1.47. The van der Waals surface area contributed by atoms with Gasteiger partial charge in [-0.05, 0) is 16.7 Å². The van der Waals surface area contributed by atoms with Crippen molar-refractivity contribution >= 4 is 17.3 Å². The molecule has 0 bridgehead atoms. The molecule has 5 heteroatoms. The second-order valence-corrected chi connectivity index (χ2v) is 2.90. The van der Waals surface area contributed by atoms with E-state index in [9.17, 15) is 5.11 Å². The Morgan fingerprint density at radius 3 is 3.08 bits per heavy atom. The van der Waals surface area contributed by atoms with Crippen molar-refractivity contribution in [3.8, 4) is 5.88 Å². The van der Waals surface area contributed by atoms with Crippen LogP contribution in [0.25, 0.3) is 0 Å². The minimum atomic E-state index is -0.334. The average molecular weight is 203 g/mol. The van der Waals surface area contributed by atoms with Gasteiger partial charge in [-0.2, -0.15) is 0 Å². The predicted octanol–water partition coefficient (Wildman–Crippen LogP) is -2.94. The summed E-state index contributed by atoms with van der Waals surface area (Å²) in [6.45, 7) is 0.599. The van der Waals surface area contributed by atoms with Crippen LogP contribution in [0, 0.1) is 0 Å². The van der Waals surface area contributed by atoms with Gasteiger partial charge in [0.2, 0.25) is 5.88 Å².